The molecule has 3 aromatic heterocycles. The first-order valence-corrected chi connectivity index (χ1v) is 10.3. The van der Waals surface area contributed by atoms with Crippen LogP contribution in [-0.2, 0) is 4.74 Å². The van der Waals surface area contributed by atoms with Gasteiger partial charge < -0.3 is 14.2 Å². The maximum atomic E-state index is 14.3. The Bertz CT molecular complexity index is 1280. The number of nitrogens with zero attached hydrogens (tertiary/aromatic N) is 5. The van der Waals surface area contributed by atoms with E-state index in [4.69, 9.17) is 20.9 Å². The van der Waals surface area contributed by atoms with Gasteiger partial charge in [0.15, 0.2) is 11.5 Å². The average molecular weight is 451 g/mol. The lowest BCUT2D eigenvalue weighted by Gasteiger charge is -2.18. The van der Waals surface area contributed by atoms with Crippen molar-refractivity contribution in [3.63, 3.8) is 0 Å². The van der Waals surface area contributed by atoms with E-state index < -0.39 is 5.82 Å². The number of ether oxygens (including phenoxy) is 1. The Labute approximate surface area is 187 Å². The first-order valence-electron chi connectivity index (χ1n) is 9.96. The molecule has 32 heavy (non-hydrogen) atoms. The maximum Gasteiger partial charge on any atom is 0.276 e. The zero-order valence-corrected chi connectivity index (χ0v) is 17.4. The topological polar surface area (TPSA) is 114 Å². The predicted octanol–water partition coefficient (Wildman–Crippen LogP) is 4.75. The Morgan fingerprint density at radius 3 is 2.72 bits per heavy atom. The van der Waals surface area contributed by atoms with E-state index in [1.807, 2.05) is 6.07 Å². The molecule has 0 unspecified atom stereocenters. The van der Waals surface area contributed by atoms with Crippen LogP contribution >= 0.6 is 11.6 Å². The highest BCUT2D eigenvalue weighted by molar-refractivity contribution is 6.33. The number of H-pyrrole nitrogens is 1. The molecule has 0 spiro atoms. The monoisotopic (exact) mass is 450 g/mol. The van der Waals surface area contributed by atoms with Crippen molar-refractivity contribution in [3.05, 3.63) is 58.9 Å². The van der Waals surface area contributed by atoms with Crippen LogP contribution in [0, 0.1) is 17.1 Å². The number of hydrogen-bond acceptors (Lipinski definition) is 7. The molecule has 1 fully saturated rings. The molecule has 0 bridgehead atoms. The van der Waals surface area contributed by atoms with Crippen LogP contribution in [0.15, 0.2) is 41.1 Å². The minimum atomic E-state index is -0.535. The highest BCUT2D eigenvalue weighted by Gasteiger charge is 2.23. The number of pyridine rings is 1. The van der Waals surface area contributed by atoms with Crippen molar-refractivity contribution in [2.45, 2.75) is 18.8 Å². The lowest BCUT2D eigenvalue weighted by molar-refractivity contribution is 0.0830. The molecule has 0 saturated carbocycles. The van der Waals surface area contributed by atoms with Gasteiger partial charge in [0.05, 0.1) is 16.3 Å². The molecule has 1 aliphatic heterocycles. The Morgan fingerprint density at radius 2 is 2.00 bits per heavy atom. The first kappa shape index (κ1) is 20.3. The van der Waals surface area contributed by atoms with Crippen molar-refractivity contribution in [2.24, 2.45) is 0 Å². The molecule has 1 aliphatic rings. The third kappa shape index (κ3) is 3.75. The minimum Gasteiger partial charge on any atom is -0.381 e. The smallest absolute Gasteiger partial charge is 0.276 e. The number of aromatic amines is 1. The van der Waals surface area contributed by atoms with Crippen LogP contribution in [0.1, 0.15) is 30.3 Å². The molecule has 4 aromatic rings. The van der Waals surface area contributed by atoms with Crippen LogP contribution in [0.2, 0.25) is 5.02 Å². The van der Waals surface area contributed by atoms with Crippen molar-refractivity contribution in [1.82, 2.24) is 25.1 Å². The van der Waals surface area contributed by atoms with Gasteiger partial charge in [0.2, 0.25) is 0 Å². The van der Waals surface area contributed by atoms with Crippen LogP contribution < -0.4 is 0 Å². The molecule has 4 heterocycles. The zero-order chi connectivity index (χ0) is 22.1. The van der Waals surface area contributed by atoms with Gasteiger partial charge in [-0.05, 0) is 37.1 Å². The molecule has 0 amide bonds. The molecule has 160 valence electrons. The molecule has 8 nitrogen and oxygen atoms in total. The molecule has 1 aromatic carbocycles. The third-order valence-corrected chi connectivity index (χ3v) is 5.62. The normalized spacial score (nSPS) is 14.4. The average Bonchev–Trinajstić information content (AvgIpc) is 3.48. The van der Waals surface area contributed by atoms with Crippen molar-refractivity contribution in [3.8, 4) is 40.3 Å². The van der Waals surface area contributed by atoms with E-state index in [-0.39, 0.29) is 28.0 Å². The summed E-state index contributed by atoms with van der Waals surface area (Å²) < 4.78 is 25.1. The van der Waals surface area contributed by atoms with E-state index in [9.17, 15) is 9.65 Å². The van der Waals surface area contributed by atoms with Crippen LogP contribution in [0.3, 0.4) is 0 Å². The number of hydrogen-bond donors (Lipinski definition) is 1. The number of nitrogens with one attached hydrogen (secondary N) is 1. The molecule has 0 aliphatic carbocycles. The fraction of sp³-hybridized carbons (Fsp3) is 0.227. The Morgan fingerprint density at radius 1 is 1.16 bits per heavy atom. The number of halogens is 2. The van der Waals surface area contributed by atoms with Gasteiger partial charge in [0.25, 0.3) is 5.89 Å². The maximum absolute atomic E-state index is 14.3. The van der Waals surface area contributed by atoms with E-state index in [0.717, 1.165) is 12.8 Å². The van der Waals surface area contributed by atoms with Crippen molar-refractivity contribution >= 4 is 11.6 Å². The summed E-state index contributed by atoms with van der Waals surface area (Å²) in [4.78, 5) is 16.1. The van der Waals surface area contributed by atoms with Crippen LogP contribution in [0.5, 0.6) is 0 Å². The summed E-state index contributed by atoms with van der Waals surface area (Å²) in [5.74, 6) is 0.824. The van der Waals surface area contributed by atoms with Crippen molar-refractivity contribution in [1.29, 1.82) is 5.26 Å². The van der Waals surface area contributed by atoms with E-state index in [1.165, 1.54) is 12.1 Å². The van der Waals surface area contributed by atoms with E-state index in [0.29, 0.717) is 41.9 Å². The zero-order valence-electron chi connectivity index (χ0n) is 16.7. The molecule has 0 atom stereocenters. The Balaban J connectivity index is 1.44. The Hall–Kier alpha value is -3.61. The van der Waals surface area contributed by atoms with Crippen LogP contribution in [0.25, 0.3) is 34.2 Å². The van der Waals surface area contributed by atoms with Gasteiger partial charge in [0.1, 0.15) is 23.4 Å². The molecular formula is C22H16ClFN6O2. The van der Waals surface area contributed by atoms with E-state index in [1.54, 1.807) is 24.4 Å². The number of benzene rings is 1. The summed E-state index contributed by atoms with van der Waals surface area (Å²) in [6.45, 7) is 1.37. The van der Waals surface area contributed by atoms with Gasteiger partial charge in [-0.2, -0.15) is 10.2 Å². The van der Waals surface area contributed by atoms with Gasteiger partial charge in [-0.1, -0.05) is 22.8 Å². The van der Waals surface area contributed by atoms with Gasteiger partial charge >= 0.3 is 0 Å². The lowest BCUT2D eigenvalue weighted by atomic mass is 10.00. The van der Waals surface area contributed by atoms with Crippen molar-refractivity contribution < 1.29 is 13.7 Å². The summed E-state index contributed by atoms with van der Waals surface area (Å²) in [5, 5.41) is 13.8. The largest absolute Gasteiger partial charge is 0.381 e. The van der Waals surface area contributed by atoms with Gasteiger partial charge in [-0.3, -0.25) is 4.98 Å². The highest BCUT2D eigenvalue weighted by atomic mass is 35.5. The number of imidazole rings is 1. The van der Waals surface area contributed by atoms with Gasteiger partial charge in [0, 0.05) is 30.9 Å². The highest BCUT2D eigenvalue weighted by Crippen LogP contribution is 2.32. The molecule has 10 heteroatoms. The summed E-state index contributed by atoms with van der Waals surface area (Å²) >= 11 is 6.14. The van der Waals surface area contributed by atoms with Crippen LogP contribution in [0.4, 0.5) is 4.39 Å². The number of rotatable bonds is 4. The molecule has 0 radical (unpaired) electrons. The SMILES string of the molecule is N#Cc1nc(-c2c(F)cccc2Cl)[nH]c1-c1ccc(-c2nc(C3CCOCC3)no2)nc1. The fourth-order valence-electron chi connectivity index (χ4n) is 3.63. The summed E-state index contributed by atoms with van der Waals surface area (Å²) in [7, 11) is 0. The molecule has 5 rings (SSSR count). The van der Waals surface area contributed by atoms with E-state index in [2.05, 4.69) is 25.1 Å². The first-order chi connectivity index (χ1) is 15.6. The second-order valence-electron chi connectivity index (χ2n) is 7.29. The Kier molecular flexibility index (Phi) is 5.39. The van der Waals surface area contributed by atoms with Gasteiger partial charge in [-0.15, -0.1) is 0 Å². The third-order valence-electron chi connectivity index (χ3n) is 5.31. The summed E-state index contributed by atoms with van der Waals surface area (Å²) in [6.07, 6.45) is 3.28. The minimum absolute atomic E-state index is 0.105. The second kappa shape index (κ2) is 8.49. The van der Waals surface area contributed by atoms with Gasteiger partial charge in [-0.25, -0.2) is 9.37 Å². The lowest BCUT2D eigenvalue weighted by Crippen LogP contribution is -2.15. The molecule has 1 saturated heterocycles. The predicted molar refractivity (Wildman–Crippen MR) is 113 cm³/mol. The van der Waals surface area contributed by atoms with E-state index >= 15 is 0 Å². The number of aromatic nitrogens is 5. The molecular weight excluding hydrogens is 435 g/mol. The standard InChI is InChI=1S/C22H16ClFN6O2/c23-14-2-1-3-15(24)18(14)21-27-17(10-25)19(28-21)13-4-5-16(26-11-13)22-29-20(30-32-22)12-6-8-31-9-7-12/h1-5,11-12H,6-9H2,(H,27,28). The number of nitriles is 1. The van der Waals surface area contributed by atoms with Crippen molar-refractivity contribution in [2.75, 3.05) is 13.2 Å². The summed E-state index contributed by atoms with van der Waals surface area (Å²) in [5.41, 5.74) is 1.73. The fourth-order valence-corrected chi connectivity index (χ4v) is 3.89. The second-order valence-corrected chi connectivity index (χ2v) is 7.70. The molecule has 1 N–H and O–H groups in total. The van der Waals surface area contributed by atoms with Crippen LogP contribution in [-0.4, -0.2) is 38.3 Å². The summed E-state index contributed by atoms with van der Waals surface area (Å²) in [6, 6.07) is 9.84. The quantitative estimate of drug-likeness (QED) is 0.477.